The molecule has 25 heavy (non-hydrogen) atoms. The number of nitrogens with one attached hydrogen (secondary N) is 2. The predicted molar refractivity (Wildman–Crippen MR) is 96.2 cm³/mol. The predicted octanol–water partition coefficient (Wildman–Crippen LogP) is 3.54. The summed E-state index contributed by atoms with van der Waals surface area (Å²) in [5, 5.41) is 5.68. The molecular weight excluding hydrogens is 316 g/mol. The third-order valence-corrected chi connectivity index (χ3v) is 4.78. The van der Waals surface area contributed by atoms with Crippen molar-refractivity contribution in [1.29, 1.82) is 0 Å². The number of aryl methyl sites for hydroxylation is 2. The van der Waals surface area contributed by atoms with E-state index in [1.54, 1.807) is 25.1 Å². The van der Waals surface area contributed by atoms with Crippen molar-refractivity contribution in [3.63, 3.8) is 0 Å². The van der Waals surface area contributed by atoms with Gasteiger partial charge in [0.05, 0.1) is 5.69 Å². The molecule has 0 aromatic heterocycles. The molecule has 0 bridgehead atoms. The van der Waals surface area contributed by atoms with E-state index >= 15 is 0 Å². The highest BCUT2D eigenvalue weighted by Crippen LogP contribution is 2.32. The quantitative estimate of drug-likeness (QED) is 0.881. The molecule has 5 nitrogen and oxygen atoms in total. The summed E-state index contributed by atoms with van der Waals surface area (Å²) in [5.74, 6) is 0.272. The molecule has 4 rings (SSSR count). The Morgan fingerprint density at radius 3 is 2.76 bits per heavy atom. The Labute approximate surface area is 146 Å². The SMILES string of the molecule is C[C@@H]1Oc2ccc(NC(=O)c3ccc4c(c3)CCCC4)cc2NC1=O. The van der Waals surface area contributed by atoms with E-state index in [-0.39, 0.29) is 11.8 Å². The Hall–Kier alpha value is -2.82. The zero-order valence-corrected chi connectivity index (χ0v) is 14.1. The Balaban J connectivity index is 1.53. The van der Waals surface area contributed by atoms with Gasteiger partial charge in [-0.2, -0.15) is 0 Å². The molecule has 5 heteroatoms. The first kappa shape index (κ1) is 15.7. The second kappa shape index (κ2) is 6.24. The number of benzene rings is 2. The van der Waals surface area contributed by atoms with Crippen molar-refractivity contribution < 1.29 is 14.3 Å². The van der Waals surface area contributed by atoms with Gasteiger partial charge in [0.2, 0.25) is 0 Å². The highest BCUT2D eigenvalue weighted by atomic mass is 16.5. The lowest BCUT2D eigenvalue weighted by Crippen LogP contribution is -2.34. The van der Waals surface area contributed by atoms with Gasteiger partial charge in [0.1, 0.15) is 5.75 Å². The van der Waals surface area contributed by atoms with Gasteiger partial charge < -0.3 is 15.4 Å². The van der Waals surface area contributed by atoms with Crippen molar-refractivity contribution in [3.05, 3.63) is 53.1 Å². The number of carbonyl (C=O) groups excluding carboxylic acids is 2. The fraction of sp³-hybridized carbons (Fsp3) is 0.300. The van der Waals surface area contributed by atoms with Crippen LogP contribution >= 0.6 is 0 Å². The first-order chi connectivity index (χ1) is 12.1. The van der Waals surface area contributed by atoms with Crippen LogP contribution in [-0.4, -0.2) is 17.9 Å². The molecule has 2 amide bonds. The molecule has 0 fully saturated rings. The minimum atomic E-state index is -0.511. The summed E-state index contributed by atoms with van der Waals surface area (Å²) in [4.78, 5) is 24.3. The maximum Gasteiger partial charge on any atom is 0.265 e. The molecule has 1 heterocycles. The van der Waals surface area contributed by atoms with E-state index in [0.717, 1.165) is 12.8 Å². The number of amides is 2. The molecule has 2 aromatic rings. The van der Waals surface area contributed by atoms with E-state index in [1.165, 1.54) is 24.0 Å². The summed E-state index contributed by atoms with van der Waals surface area (Å²) in [5.41, 5.74) is 4.49. The van der Waals surface area contributed by atoms with E-state index in [9.17, 15) is 9.59 Å². The third-order valence-electron chi connectivity index (χ3n) is 4.78. The number of fused-ring (bicyclic) bond motifs is 2. The van der Waals surface area contributed by atoms with Crippen LogP contribution in [0.15, 0.2) is 36.4 Å². The fourth-order valence-corrected chi connectivity index (χ4v) is 3.36. The average Bonchev–Trinajstić information content (AvgIpc) is 2.62. The van der Waals surface area contributed by atoms with Gasteiger partial charge in [-0.15, -0.1) is 0 Å². The van der Waals surface area contributed by atoms with Gasteiger partial charge >= 0.3 is 0 Å². The lowest BCUT2D eigenvalue weighted by atomic mass is 9.90. The van der Waals surface area contributed by atoms with Gasteiger partial charge in [-0.25, -0.2) is 0 Å². The Bertz CT molecular complexity index is 860. The molecule has 0 saturated carbocycles. The number of anilines is 2. The molecule has 1 atom stereocenters. The van der Waals surface area contributed by atoms with Crippen LogP contribution in [0.5, 0.6) is 5.75 Å². The molecule has 1 aliphatic carbocycles. The van der Waals surface area contributed by atoms with Crippen molar-refractivity contribution in [3.8, 4) is 5.75 Å². The normalized spacial score (nSPS) is 18.4. The van der Waals surface area contributed by atoms with Crippen molar-refractivity contribution in [1.82, 2.24) is 0 Å². The van der Waals surface area contributed by atoms with Gasteiger partial charge in [-0.3, -0.25) is 9.59 Å². The highest BCUT2D eigenvalue weighted by Gasteiger charge is 2.23. The summed E-state index contributed by atoms with van der Waals surface area (Å²) < 4.78 is 5.53. The molecule has 2 aliphatic rings. The first-order valence-electron chi connectivity index (χ1n) is 8.65. The van der Waals surface area contributed by atoms with Crippen molar-refractivity contribution in [2.24, 2.45) is 0 Å². The lowest BCUT2D eigenvalue weighted by molar-refractivity contribution is -0.122. The summed E-state index contributed by atoms with van der Waals surface area (Å²) >= 11 is 0. The van der Waals surface area contributed by atoms with E-state index in [2.05, 4.69) is 16.7 Å². The molecule has 1 aliphatic heterocycles. The third kappa shape index (κ3) is 3.09. The summed E-state index contributed by atoms with van der Waals surface area (Å²) in [6.07, 6.45) is 4.03. The fourth-order valence-electron chi connectivity index (χ4n) is 3.36. The monoisotopic (exact) mass is 336 g/mol. The van der Waals surface area contributed by atoms with Crippen molar-refractivity contribution in [2.75, 3.05) is 10.6 Å². The average molecular weight is 336 g/mol. The minimum absolute atomic E-state index is 0.148. The van der Waals surface area contributed by atoms with Gasteiger partial charge in [-0.1, -0.05) is 6.07 Å². The molecular formula is C20H20N2O3. The lowest BCUT2D eigenvalue weighted by Gasteiger charge is -2.23. The number of ether oxygens (including phenoxy) is 1. The Kier molecular flexibility index (Phi) is 3.92. The van der Waals surface area contributed by atoms with E-state index in [1.807, 2.05) is 12.1 Å². The van der Waals surface area contributed by atoms with Crippen LogP contribution in [0.1, 0.15) is 41.3 Å². The minimum Gasteiger partial charge on any atom is -0.479 e. The molecule has 128 valence electrons. The van der Waals surface area contributed by atoms with Crippen molar-refractivity contribution in [2.45, 2.75) is 38.7 Å². The Morgan fingerprint density at radius 2 is 1.92 bits per heavy atom. The van der Waals surface area contributed by atoms with Crippen LogP contribution in [0.25, 0.3) is 0 Å². The van der Waals surface area contributed by atoms with Gasteiger partial charge in [0.15, 0.2) is 6.10 Å². The molecule has 2 aromatic carbocycles. The Morgan fingerprint density at radius 1 is 1.12 bits per heavy atom. The van der Waals surface area contributed by atoms with Gasteiger partial charge in [0.25, 0.3) is 11.8 Å². The molecule has 0 saturated heterocycles. The van der Waals surface area contributed by atoms with Crippen LogP contribution in [0.2, 0.25) is 0 Å². The van der Waals surface area contributed by atoms with Crippen LogP contribution in [-0.2, 0) is 17.6 Å². The highest BCUT2D eigenvalue weighted by molar-refractivity contribution is 6.05. The van der Waals surface area contributed by atoms with E-state index in [4.69, 9.17) is 4.74 Å². The summed E-state index contributed by atoms with van der Waals surface area (Å²) in [7, 11) is 0. The van der Waals surface area contributed by atoms with Crippen molar-refractivity contribution >= 4 is 23.2 Å². The van der Waals surface area contributed by atoms with Crippen LogP contribution in [0.3, 0.4) is 0 Å². The number of carbonyl (C=O) groups is 2. The summed E-state index contributed by atoms with van der Waals surface area (Å²) in [6.45, 7) is 1.70. The van der Waals surface area contributed by atoms with Crippen LogP contribution < -0.4 is 15.4 Å². The van der Waals surface area contributed by atoms with Crippen LogP contribution in [0.4, 0.5) is 11.4 Å². The van der Waals surface area contributed by atoms with E-state index < -0.39 is 6.10 Å². The first-order valence-corrected chi connectivity index (χ1v) is 8.65. The smallest absolute Gasteiger partial charge is 0.265 e. The maximum atomic E-state index is 12.6. The maximum absolute atomic E-state index is 12.6. The zero-order valence-electron chi connectivity index (χ0n) is 14.1. The second-order valence-electron chi connectivity index (χ2n) is 6.60. The molecule has 0 unspecified atom stereocenters. The largest absolute Gasteiger partial charge is 0.479 e. The molecule has 0 radical (unpaired) electrons. The number of rotatable bonds is 2. The van der Waals surface area contributed by atoms with Gasteiger partial charge in [0, 0.05) is 11.3 Å². The standard InChI is InChI=1S/C20H20N2O3/c1-12-19(23)22-17-11-16(8-9-18(17)25-12)21-20(24)15-7-6-13-4-2-3-5-14(13)10-15/h6-12H,2-5H2,1H3,(H,21,24)(H,22,23)/t12-/m0/s1. The molecule has 0 spiro atoms. The van der Waals surface area contributed by atoms with Crippen LogP contribution in [0, 0.1) is 0 Å². The number of hydrogen-bond donors (Lipinski definition) is 2. The van der Waals surface area contributed by atoms with E-state index in [0.29, 0.717) is 22.7 Å². The van der Waals surface area contributed by atoms with Gasteiger partial charge in [-0.05, 0) is 74.1 Å². The topological polar surface area (TPSA) is 67.4 Å². The molecule has 2 N–H and O–H groups in total. The number of hydrogen-bond acceptors (Lipinski definition) is 3. The zero-order chi connectivity index (χ0) is 17.4. The summed E-state index contributed by atoms with van der Waals surface area (Å²) in [6, 6.07) is 11.2. The second-order valence-corrected chi connectivity index (χ2v) is 6.60.